The van der Waals surface area contributed by atoms with Crippen LogP contribution in [0.4, 0.5) is 11.6 Å². The number of halogens is 1. The Hall–Kier alpha value is -3.09. The Morgan fingerprint density at radius 2 is 1.81 bits per heavy atom. The minimum atomic E-state index is 0.531. The van der Waals surface area contributed by atoms with Crippen LogP contribution in [-0.4, -0.2) is 46.7 Å². The first-order valence-electron chi connectivity index (χ1n) is 10.8. The highest BCUT2D eigenvalue weighted by molar-refractivity contribution is 6.31. The highest BCUT2D eigenvalue weighted by Crippen LogP contribution is 2.33. The Balaban J connectivity index is 1.40. The van der Waals surface area contributed by atoms with Gasteiger partial charge in [0.1, 0.15) is 5.75 Å². The second kappa shape index (κ2) is 8.81. The minimum Gasteiger partial charge on any atom is -0.496 e. The number of hydrogen-bond donors (Lipinski definition) is 1. The highest BCUT2D eigenvalue weighted by Gasteiger charge is 2.18. The molecule has 0 bridgehead atoms. The van der Waals surface area contributed by atoms with E-state index in [0.717, 1.165) is 41.3 Å². The van der Waals surface area contributed by atoms with Gasteiger partial charge in [-0.3, -0.25) is 0 Å². The molecule has 0 unspecified atom stereocenters. The summed E-state index contributed by atoms with van der Waals surface area (Å²) < 4.78 is 7.39. The number of aromatic nitrogens is 3. The summed E-state index contributed by atoms with van der Waals surface area (Å²) in [6.07, 6.45) is 4.24. The second-order valence-corrected chi connectivity index (χ2v) is 8.74. The molecule has 1 saturated heterocycles. The topological polar surface area (TPSA) is 54.7 Å². The monoisotopic (exact) mass is 447 g/mol. The van der Waals surface area contributed by atoms with Crippen LogP contribution in [0, 0.1) is 0 Å². The maximum atomic E-state index is 6.24. The molecular formula is C25H26ClN5O. The van der Waals surface area contributed by atoms with E-state index in [2.05, 4.69) is 46.5 Å². The fourth-order valence-corrected chi connectivity index (χ4v) is 4.53. The lowest BCUT2D eigenvalue weighted by Crippen LogP contribution is -2.29. The summed E-state index contributed by atoms with van der Waals surface area (Å²) in [5.74, 6) is 1.91. The van der Waals surface area contributed by atoms with Gasteiger partial charge in [0, 0.05) is 16.3 Å². The third-order valence-electron chi connectivity index (χ3n) is 6.19. The molecular weight excluding hydrogens is 422 g/mol. The predicted molar refractivity (Wildman–Crippen MR) is 129 cm³/mol. The van der Waals surface area contributed by atoms with E-state index in [4.69, 9.17) is 21.4 Å². The van der Waals surface area contributed by atoms with Gasteiger partial charge in [0.15, 0.2) is 0 Å². The molecule has 1 aliphatic rings. The summed E-state index contributed by atoms with van der Waals surface area (Å²) in [6, 6.07) is 18.2. The number of piperidine rings is 1. The van der Waals surface area contributed by atoms with E-state index in [1.54, 1.807) is 7.11 Å². The number of anilines is 2. The number of nitrogens with one attached hydrogen (secondary N) is 1. The Morgan fingerprint density at radius 3 is 2.56 bits per heavy atom. The van der Waals surface area contributed by atoms with Crippen molar-refractivity contribution >= 4 is 28.8 Å². The molecule has 7 heteroatoms. The first-order chi connectivity index (χ1) is 15.6. The van der Waals surface area contributed by atoms with Crippen molar-refractivity contribution in [3.8, 4) is 17.0 Å². The number of methoxy groups -OCH3 is 1. The fourth-order valence-electron chi connectivity index (χ4n) is 4.35. The maximum absolute atomic E-state index is 6.24. The largest absolute Gasteiger partial charge is 0.496 e. The van der Waals surface area contributed by atoms with Gasteiger partial charge >= 0.3 is 0 Å². The Kier molecular flexibility index (Phi) is 5.72. The first-order valence-corrected chi connectivity index (χ1v) is 11.2. The Labute approximate surface area is 192 Å². The summed E-state index contributed by atoms with van der Waals surface area (Å²) in [5.41, 5.74) is 5.04. The molecule has 32 heavy (non-hydrogen) atoms. The second-order valence-electron chi connectivity index (χ2n) is 8.31. The van der Waals surface area contributed by atoms with Crippen LogP contribution in [0.15, 0.2) is 60.8 Å². The molecule has 1 N–H and O–H groups in total. The lowest BCUT2D eigenvalue weighted by Gasteiger charge is -2.29. The fraction of sp³-hybridized carbons (Fsp3) is 0.280. The van der Waals surface area contributed by atoms with Crippen LogP contribution in [0.1, 0.15) is 24.3 Å². The number of ether oxygens (including phenoxy) is 1. The number of nitrogens with zero attached hydrogens (tertiary/aromatic N) is 4. The molecule has 0 aliphatic carbocycles. The molecule has 0 amide bonds. The summed E-state index contributed by atoms with van der Waals surface area (Å²) in [7, 11) is 3.85. The molecule has 3 heterocycles. The maximum Gasteiger partial charge on any atom is 0.245 e. The normalized spacial score (nSPS) is 15.2. The van der Waals surface area contributed by atoms with Crippen molar-refractivity contribution in [3.63, 3.8) is 0 Å². The van der Waals surface area contributed by atoms with E-state index in [-0.39, 0.29) is 0 Å². The van der Waals surface area contributed by atoms with Crippen LogP contribution in [0.25, 0.3) is 16.8 Å². The van der Waals surface area contributed by atoms with E-state index in [1.807, 2.05) is 41.0 Å². The van der Waals surface area contributed by atoms with E-state index in [0.29, 0.717) is 16.9 Å². The van der Waals surface area contributed by atoms with Gasteiger partial charge in [-0.05, 0) is 86.9 Å². The van der Waals surface area contributed by atoms with E-state index >= 15 is 0 Å². The van der Waals surface area contributed by atoms with Gasteiger partial charge < -0.3 is 15.0 Å². The van der Waals surface area contributed by atoms with E-state index < -0.39 is 0 Å². The zero-order valence-electron chi connectivity index (χ0n) is 18.3. The number of benzene rings is 2. The highest BCUT2D eigenvalue weighted by atomic mass is 35.5. The van der Waals surface area contributed by atoms with Gasteiger partial charge in [0.05, 0.1) is 24.5 Å². The van der Waals surface area contributed by atoms with Crippen molar-refractivity contribution in [1.29, 1.82) is 0 Å². The first kappa shape index (κ1) is 20.8. The van der Waals surface area contributed by atoms with Crippen LogP contribution >= 0.6 is 11.6 Å². The van der Waals surface area contributed by atoms with Crippen LogP contribution in [-0.2, 0) is 0 Å². The van der Waals surface area contributed by atoms with Crippen LogP contribution in [0.2, 0.25) is 5.02 Å². The van der Waals surface area contributed by atoms with E-state index in [9.17, 15) is 0 Å². The molecule has 1 aliphatic heterocycles. The van der Waals surface area contributed by atoms with Crippen molar-refractivity contribution in [3.05, 3.63) is 71.4 Å². The standard InChI is InChI=1S/C25H26ClN5O/c1-30-13-11-18(12-14-30)17-3-6-20(7-4-17)28-25-27-16-21-8-9-23(31(21)29-25)22-15-19(26)5-10-24(22)32-2/h3-10,15-16,18H,11-14H2,1-2H3,(H,28,29). The van der Waals surface area contributed by atoms with Crippen molar-refractivity contribution in [1.82, 2.24) is 19.5 Å². The molecule has 1 fully saturated rings. The van der Waals surface area contributed by atoms with Crippen molar-refractivity contribution < 1.29 is 4.74 Å². The number of fused-ring (bicyclic) bond motifs is 1. The quantitative estimate of drug-likeness (QED) is 0.431. The van der Waals surface area contributed by atoms with E-state index in [1.165, 1.54) is 18.4 Å². The molecule has 2 aromatic carbocycles. The summed E-state index contributed by atoms with van der Waals surface area (Å²) in [6.45, 7) is 2.32. The summed E-state index contributed by atoms with van der Waals surface area (Å²) in [4.78, 5) is 6.88. The zero-order chi connectivity index (χ0) is 22.1. The van der Waals surface area contributed by atoms with Crippen molar-refractivity contribution in [2.45, 2.75) is 18.8 Å². The van der Waals surface area contributed by atoms with Crippen LogP contribution in [0.5, 0.6) is 5.75 Å². The number of rotatable bonds is 5. The molecule has 4 aromatic rings. The number of hydrogen-bond acceptors (Lipinski definition) is 5. The van der Waals surface area contributed by atoms with Crippen molar-refractivity contribution in [2.24, 2.45) is 0 Å². The van der Waals surface area contributed by atoms with Gasteiger partial charge in [0.25, 0.3) is 0 Å². The average Bonchev–Trinajstić information content (AvgIpc) is 3.23. The molecule has 0 saturated carbocycles. The minimum absolute atomic E-state index is 0.531. The molecule has 6 nitrogen and oxygen atoms in total. The molecule has 0 atom stereocenters. The van der Waals surface area contributed by atoms with Gasteiger partial charge in [-0.15, -0.1) is 5.10 Å². The van der Waals surface area contributed by atoms with Gasteiger partial charge in [0.2, 0.25) is 5.95 Å². The Morgan fingerprint density at radius 1 is 1.03 bits per heavy atom. The molecule has 0 radical (unpaired) electrons. The summed E-state index contributed by atoms with van der Waals surface area (Å²) in [5, 5.41) is 8.70. The average molecular weight is 448 g/mol. The van der Waals surface area contributed by atoms with Gasteiger partial charge in [-0.25, -0.2) is 9.50 Å². The lowest BCUT2D eigenvalue weighted by atomic mass is 9.89. The van der Waals surface area contributed by atoms with Crippen LogP contribution < -0.4 is 10.1 Å². The lowest BCUT2D eigenvalue weighted by molar-refractivity contribution is 0.255. The Bertz CT molecular complexity index is 1230. The summed E-state index contributed by atoms with van der Waals surface area (Å²) >= 11 is 6.24. The molecule has 2 aromatic heterocycles. The molecule has 164 valence electrons. The zero-order valence-corrected chi connectivity index (χ0v) is 19.0. The molecule has 5 rings (SSSR count). The SMILES string of the molecule is COc1ccc(Cl)cc1-c1ccc2cnc(Nc3ccc(C4CCN(C)CC4)cc3)nn12. The number of likely N-dealkylation sites (tertiary alicyclic amines) is 1. The van der Waals surface area contributed by atoms with Crippen molar-refractivity contribution in [2.75, 3.05) is 32.6 Å². The molecule has 0 spiro atoms. The van der Waals surface area contributed by atoms with Gasteiger partial charge in [-0.2, -0.15) is 0 Å². The third kappa shape index (κ3) is 4.16. The third-order valence-corrected chi connectivity index (χ3v) is 6.43. The van der Waals surface area contributed by atoms with Gasteiger partial charge in [-0.1, -0.05) is 23.7 Å². The van der Waals surface area contributed by atoms with Crippen LogP contribution in [0.3, 0.4) is 0 Å². The predicted octanol–water partition coefficient (Wildman–Crippen LogP) is 5.61. The smallest absolute Gasteiger partial charge is 0.245 e.